The lowest BCUT2D eigenvalue weighted by Gasteiger charge is -2.35. The molecule has 1 aliphatic heterocycles. The molecule has 1 fully saturated rings. The van der Waals surface area contributed by atoms with E-state index in [2.05, 4.69) is 20.3 Å². The number of carbonyl (C=O) groups is 2. The molecular formula is C22H24N6O2S. The van der Waals surface area contributed by atoms with Gasteiger partial charge in [0.25, 0.3) is 0 Å². The summed E-state index contributed by atoms with van der Waals surface area (Å²) in [6.45, 7) is 4.70. The van der Waals surface area contributed by atoms with Gasteiger partial charge in [-0.15, -0.1) is 5.10 Å². The van der Waals surface area contributed by atoms with Gasteiger partial charge in [0.05, 0.1) is 11.4 Å². The molecule has 1 saturated heterocycles. The maximum Gasteiger partial charge on any atom is 0.234 e. The van der Waals surface area contributed by atoms with Gasteiger partial charge in [-0.3, -0.25) is 9.59 Å². The first kappa shape index (κ1) is 20.9. The molecule has 0 atom stereocenters. The first-order valence-corrected chi connectivity index (χ1v) is 11.1. The number of anilines is 2. The van der Waals surface area contributed by atoms with Crippen molar-refractivity contribution in [1.29, 1.82) is 0 Å². The molecule has 4 rings (SSSR count). The van der Waals surface area contributed by atoms with E-state index in [-0.39, 0.29) is 17.6 Å². The SMILES string of the molecule is CC(=O)N1CCN(c2ccc(NC(=O)CSc3ncn(-c4ccccc4)n3)cc2)CC1. The highest BCUT2D eigenvalue weighted by atomic mass is 32.2. The van der Waals surface area contributed by atoms with Gasteiger partial charge in [0.1, 0.15) is 6.33 Å². The molecule has 0 radical (unpaired) electrons. The Kier molecular flexibility index (Phi) is 6.51. The molecule has 1 N–H and O–H groups in total. The number of hydrogen-bond acceptors (Lipinski definition) is 6. The largest absolute Gasteiger partial charge is 0.368 e. The van der Waals surface area contributed by atoms with Gasteiger partial charge in [0.2, 0.25) is 17.0 Å². The van der Waals surface area contributed by atoms with Crippen molar-refractivity contribution >= 4 is 35.0 Å². The highest BCUT2D eigenvalue weighted by molar-refractivity contribution is 7.99. The Labute approximate surface area is 185 Å². The third-order valence-electron chi connectivity index (χ3n) is 5.07. The third-order valence-corrected chi connectivity index (χ3v) is 5.92. The number of rotatable bonds is 6. The van der Waals surface area contributed by atoms with Crippen LogP contribution in [0.5, 0.6) is 0 Å². The van der Waals surface area contributed by atoms with Gasteiger partial charge in [-0.25, -0.2) is 9.67 Å². The summed E-state index contributed by atoms with van der Waals surface area (Å²) in [5, 5.41) is 7.86. The fourth-order valence-corrected chi connectivity index (χ4v) is 3.98. The number of para-hydroxylation sites is 1. The van der Waals surface area contributed by atoms with Crippen LogP contribution in [-0.4, -0.2) is 63.4 Å². The van der Waals surface area contributed by atoms with Crippen LogP contribution in [0.15, 0.2) is 66.1 Å². The summed E-state index contributed by atoms with van der Waals surface area (Å²) < 4.78 is 1.69. The fourth-order valence-electron chi connectivity index (χ4n) is 3.38. The normalized spacial score (nSPS) is 13.8. The van der Waals surface area contributed by atoms with Gasteiger partial charge in [0, 0.05) is 44.5 Å². The van der Waals surface area contributed by atoms with E-state index in [1.807, 2.05) is 59.5 Å². The number of nitrogens with zero attached hydrogens (tertiary/aromatic N) is 5. The molecule has 0 spiro atoms. The maximum atomic E-state index is 12.3. The van der Waals surface area contributed by atoms with Crippen LogP contribution in [0.3, 0.4) is 0 Å². The van der Waals surface area contributed by atoms with E-state index in [9.17, 15) is 9.59 Å². The topological polar surface area (TPSA) is 83.4 Å². The van der Waals surface area contributed by atoms with Gasteiger partial charge in [-0.05, 0) is 36.4 Å². The van der Waals surface area contributed by atoms with E-state index >= 15 is 0 Å². The lowest BCUT2D eigenvalue weighted by molar-refractivity contribution is -0.129. The molecule has 9 heteroatoms. The number of amides is 2. The van der Waals surface area contributed by atoms with Crippen LogP contribution < -0.4 is 10.2 Å². The standard InChI is InChI=1S/C22H24N6O2S/c1-17(29)26-11-13-27(14-12-26)19-9-7-18(8-10-19)24-21(30)15-31-22-23-16-28(25-22)20-5-3-2-4-6-20/h2-10,16H,11-15H2,1H3,(H,24,30). The second-order valence-electron chi connectivity index (χ2n) is 7.18. The third kappa shape index (κ3) is 5.43. The minimum absolute atomic E-state index is 0.108. The van der Waals surface area contributed by atoms with Crippen LogP contribution >= 0.6 is 11.8 Å². The number of thioether (sulfide) groups is 1. The molecule has 2 aromatic carbocycles. The summed E-state index contributed by atoms with van der Waals surface area (Å²) in [6.07, 6.45) is 1.64. The minimum atomic E-state index is -0.108. The smallest absolute Gasteiger partial charge is 0.234 e. The van der Waals surface area contributed by atoms with E-state index in [0.29, 0.717) is 5.16 Å². The van der Waals surface area contributed by atoms with Gasteiger partial charge in [0.15, 0.2) is 0 Å². The second-order valence-corrected chi connectivity index (χ2v) is 8.13. The predicted octanol–water partition coefficient (Wildman–Crippen LogP) is 2.67. The zero-order valence-electron chi connectivity index (χ0n) is 17.3. The van der Waals surface area contributed by atoms with E-state index in [1.165, 1.54) is 11.8 Å². The Bertz CT molecular complexity index is 1030. The Balaban J connectivity index is 1.26. The van der Waals surface area contributed by atoms with Crippen molar-refractivity contribution < 1.29 is 9.59 Å². The average molecular weight is 437 g/mol. The molecule has 1 aliphatic rings. The lowest BCUT2D eigenvalue weighted by atomic mass is 10.2. The molecule has 1 aromatic heterocycles. The van der Waals surface area contributed by atoms with Crippen LogP contribution in [-0.2, 0) is 9.59 Å². The highest BCUT2D eigenvalue weighted by Crippen LogP contribution is 2.20. The molecule has 0 saturated carbocycles. The Hall–Kier alpha value is -3.33. The van der Waals surface area contributed by atoms with E-state index in [1.54, 1.807) is 17.9 Å². The summed E-state index contributed by atoms with van der Waals surface area (Å²) in [4.78, 5) is 32.1. The average Bonchev–Trinajstić information content (AvgIpc) is 3.28. The van der Waals surface area contributed by atoms with Gasteiger partial charge in [-0.2, -0.15) is 0 Å². The van der Waals surface area contributed by atoms with Crippen LogP contribution in [0.25, 0.3) is 5.69 Å². The monoisotopic (exact) mass is 436 g/mol. The van der Waals surface area contributed by atoms with Crippen LogP contribution in [0.1, 0.15) is 6.92 Å². The summed E-state index contributed by atoms with van der Waals surface area (Å²) in [7, 11) is 0. The van der Waals surface area contributed by atoms with Crippen LogP contribution in [0, 0.1) is 0 Å². The summed E-state index contributed by atoms with van der Waals surface area (Å²) in [5.74, 6) is 0.245. The van der Waals surface area contributed by atoms with E-state index in [4.69, 9.17) is 0 Å². The highest BCUT2D eigenvalue weighted by Gasteiger charge is 2.18. The molecule has 31 heavy (non-hydrogen) atoms. The van der Waals surface area contributed by atoms with Gasteiger partial charge < -0.3 is 15.1 Å². The number of benzene rings is 2. The van der Waals surface area contributed by atoms with Gasteiger partial charge >= 0.3 is 0 Å². The molecule has 0 bridgehead atoms. The minimum Gasteiger partial charge on any atom is -0.368 e. The molecule has 160 valence electrons. The molecule has 3 aromatic rings. The van der Waals surface area contributed by atoms with Crippen LogP contribution in [0.2, 0.25) is 0 Å². The zero-order chi connectivity index (χ0) is 21.6. The first-order chi connectivity index (χ1) is 15.1. The molecule has 2 heterocycles. The molecular weight excluding hydrogens is 412 g/mol. The van der Waals surface area contributed by atoms with E-state index < -0.39 is 0 Å². The van der Waals surface area contributed by atoms with Crippen molar-refractivity contribution in [3.05, 3.63) is 60.9 Å². The number of aromatic nitrogens is 3. The van der Waals surface area contributed by atoms with Crippen molar-refractivity contribution in [2.75, 3.05) is 42.1 Å². The second kappa shape index (κ2) is 9.65. The van der Waals surface area contributed by atoms with Crippen molar-refractivity contribution in [3.63, 3.8) is 0 Å². The fraction of sp³-hybridized carbons (Fsp3) is 0.273. The Morgan fingerprint density at radius 3 is 2.35 bits per heavy atom. The predicted molar refractivity (Wildman–Crippen MR) is 122 cm³/mol. The Morgan fingerprint density at radius 2 is 1.68 bits per heavy atom. The Morgan fingerprint density at radius 1 is 0.968 bits per heavy atom. The van der Waals surface area contributed by atoms with Crippen molar-refractivity contribution in [2.24, 2.45) is 0 Å². The van der Waals surface area contributed by atoms with Crippen molar-refractivity contribution in [2.45, 2.75) is 12.1 Å². The number of hydrogen-bond donors (Lipinski definition) is 1. The zero-order valence-corrected chi connectivity index (χ0v) is 18.1. The molecule has 2 amide bonds. The number of nitrogens with one attached hydrogen (secondary N) is 1. The summed E-state index contributed by atoms with van der Waals surface area (Å²) in [6, 6.07) is 17.5. The van der Waals surface area contributed by atoms with Crippen molar-refractivity contribution in [1.82, 2.24) is 19.7 Å². The van der Waals surface area contributed by atoms with Gasteiger partial charge in [-0.1, -0.05) is 30.0 Å². The number of piperazine rings is 1. The number of carbonyl (C=O) groups excluding carboxylic acids is 2. The maximum absolute atomic E-state index is 12.3. The lowest BCUT2D eigenvalue weighted by Crippen LogP contribution is -2.48. The van der Waals surface area contributed by atoms with Crippen molar-refractivity contribution in [3.8, 4) is 5.69 Å². The molecule has 8 nitrogen and oxygen atoms in total. The summed E-state index contributed by atoms with van der Waals surface area (Å²) >= 11 is 1.30. The first-order valence-electron chi connectivity index (χ1n) is 10.1. The molecule has 0 unspecified atom stereocenters. The van der Waals surface area contributed by atoms with Crippen LogP contribution in [0.4, 0.5) is 11.4 Å². The molecule has 0 aliphatic carbocycles. The summed E-state index contributed by atoms with van der Waals surface area (Å²) in [5.41, 5.74) is 2.76. The quantitative estimate of drug-likeness (QED) is 0.598. The van der Waals surface area contributed by atoms with E-state index in [0.717, 1.165) is 43.2 Å².